The number of thiophene rings is 1. The summed E-state index contributed by atoms with van der Waals surface area (Å²) in [6, 6.07) is 2.16. The number of rotatable bonds is 5. The number of nitrogens with zero attached hydrogens (tertiary/aromatic N) is 4. The zero-order valence-corrected chi connectivity index (χ0v) is 13.2. The van der Waals surface area contributed by atoms with Crippen molar-refractivity contribution in [1.29, 1.82) is 0 Å². The van der Waals surface area contributed by atoms with Gasteiger partial charge in [0.1, 0.15) is 5.82 Å². The third-order valence-electron chi connectivity index (χ3n) is 3.43. The average Bonchev–Trinajstić information content (AvgIpc) is 3.17. The van der Waals surface area contributed by atoms with Gasteiger partial charge in [0.25, 0.3) is 0 Å². The van der Waals surface area contributed by atoms with Crippen LogP contribution in [-0.4, -0.2) is 32.5 Å². The first-order chi connectivity index (χ1) is 10.2. The molecule has 1 atom stereocenters. The maximum absolute atomic E-state index is 5.34. The van der Waals surface area contributed by atoms with Crippen molar-refractivity contribution < 1.29 is 4.74 Å². The van der Waals surface area contributed by atoms with Gasteiger partial charge in [0.2, 0.25) is 0 Å². The fourth-order valence-electron chi connectivity index (χ4n) is 2.21. The minimum absolute atomic E-state index is 0.163. The molecule has 3 aromatic rings. The second kappa shape index (κ2) is 5.83. The van der Waals surface area contributed by atoms with Gasteiger partial charge in [0, 0.05) is 38.3 Å². The number of aromatic nitrogens is 4. The molecule has 3 heterocycles. The van der Waals surface area contributed by atoms with E-state index in [9.17, 15) is 0 Å². The van der Waals surface area contributed by atoms with Gasteiger partial charge in [-0.1, -0.05) is 0 Å². The van der Waals surface area contributed by atoms with Gasteiger partial charge in [-0.05, 0) is 23.9 Å². The smallest absolute Gasteiger partial charge is 0.150 e. The third-order valence-corrected chi connectivity index (χ3v) is 4.36. The van der Waals surface area contributed by atoms with Gasteiger partial charge in [-0.3, -0.25) is 4.68 Å². The molecule has 0 aromatic carbocycles. The van der Waals surface area contributed by atoms with Crippen molar-refractivity contribution in [2.45, 2.75) is 19.6 Å². The lowest BCUT2D eigenvalue weighted by Crippen LogP contribution is -2.14. The molecule has 0 bridgehead atoms. The van der Waals surface area contributed by atoms with Crippen LogP contribution < -0.4 is 0 Å². The van der Waals surface area contributed by atoms with Crippen molar-refractivity contribution in [3.63, 3.8) is 0 Å². The quantitative estimate of drug-likeness (QED) is 0.727. The Labute approximate surface area is 127 Å². The maximum atomic E-state index is 5.34. The van der Waals surface area contributed by atoms with E-state index in [2.05, 4.69) is 33.0 Å². The van der Waals surface area contributed by atoms with Crippen molar-refractivity contribution in [3.8, 4) is 21.8 Å². The van der Waals surface area contributed by atoms with E-state index in [1.54, 1.807) is 18.4 Å². The molecule has 0 amide bonds. The van der Waals surface area contributed by atoms with Crippen molar-refractivity contribution in [2.24, 2.45) is 7.05 Å². The fourth-order valence-corrected chi connectivity index (χ4v) is 3.14. The Morgan fingerprint density at radius 3 is 2.95 bits per heavy atom. The minimum atomic E-state index is 0.163. The molecule has 5 nitrogen and oxygen atoms in total. The van der Waals surface area contributed by atoms with E-state index in [0.29, 0.717) is 0 Å². The van der Waals surface area contributed by atoms with E-state index in [1.807, 2.05) is 36.5 Å². The van der Waals surface area contributed by atoms with Crippen LogP contribution in [0.3, 0.4) is 0 Å². The Hall–Kier alpha value is -1.92. The number of hydrogen-bond donors (Lipinski definition) is 0. The van der Waals surface area contributed by atoms with Crippen LogP contribution in [0.2, 0.25) is 0 Å². The molecular formula is C15H18N4OS. The second-order valence-electron chi connectivity index (χ2n) is 5.05. The first kappa shape index (κ1) is 14.0. The number of imidazole rings is 1. The van der Waals surface area contributed by atoms with Crippen molar-refractivity contribution in [1.82, 2.24) is 19.3 Å². The van der Waals surface area contributed by atoms with E-state index in [4.69, 9.17) is 4.74 Å². The zero-order valence-electron chi connectivity index (χ0n) is 12.4. The number of aryl methyl sites for hydroxylation is 1. The Morgan fingerprint density at radius 2 is 2.24 bits per heavy atom. The normalized spacial score (nSPS) is 12.7. The third kappa shape index (κ3) is 2.91. The highest BCUT2D eigenvalue weighted by Crippen LogP contribution is 2.31. The van der Waals surface area contributed by atoms with Gasteiger partial charge in [-0.2, -0.15) is 5.10 Å². The van der Waals surface area contributed by atoms with Crippen LogP contribution in [0.25, 0.3) is 21.8 Å². The summed E-state index contributed by atoms with van der Waals surface area (Å²) in [5.41, 5.74) is 2.31. The Morgan fingerprint density at radius 1 is 1.38 bits per heavy atom. The van der Waals surface area contributed by atoms with E-state index >= 15 is 0 Å². The molecule has 3 rings (SSSR count). The number of methoxy groups -OCH3 is 1. The highest BCUT2D eigenvalue weighted by Gasteiger charge is 2.12. The molecule has 0 spiro atoms. The van der Waals surface area contributed by atoms with Gasteiger partial charge in [-0.15, -0.1) is 11.3 Å². The summed E-state index contributed by atoms with van der Waals surface area (Å²) in [5, 5.41) is 6.36. The van der Waals surface area contributed by atoms with Gasteiger partial charge < -0.3 is 9.30 Å². The lowest BCUT2D eigenvalue weighted by Gasteiger charge is -2.12. The summed E-state index contributed by atoms with van der Waals surface area (Å²) in [7, 11) is 3.66. The highest BCUT2D eigenvalue weighted by atomic mass is 32.1. The van der Waals surface area contributed by atoms with Gasteiger partial charge in [0.15, 0.2) is 0 Å². The predicted octanol–water partition coefficient (Wildman–Crippen LogP) is 3.05. The first-order valence-corrected chi connectivity index (χ1v) is 7.67. The molecule has 0 saturated carbocycles. The number of ether oxygens (including phenoxy) is 1. The Kier molecular flexibility index (Phi) is 3.90. The first-order valence-electron chi connectivity index (χ1n) is 6.79. The summed E-state index contributed by atoms with van der Waals surface area (Å²) in [6.45, 7) is 2.85. The van der Waals surface area contributed by atoms with Gasteiger partial charge in [0.05, 0.1) is 23.7 Å². The van der Waals surface area contributed by atoms with Crippen LogP contribution in [-0.2, 0) is 18.3 Å². The standard InChI is InChI=1S/C15H18N4OS/c1-11(20-3)8-19-5-4-16-15(19)14-6-12(10-21-14)13-7-17-18(2)9-13/h4-7,9-11H,8H2,1-3H3. The maximum Gasteiger partial charge on any atom is 0.150 e. The molecule has 0 N–H and O–H groups in total. The van der Waals surface area contributed by atoms with Crippen LogP contribution in [0.4, 0.5) is 0 Å². The Balaban J connectivity index is 1.88. The molecule has 110 valence electrons. The lowest BCUT2D eigenvalue weighted by atomic mass is 10.2. The summed E-state index contributed by atoms with van der Waals surface area (Å²) in [6.07, 6.45) is 7.89. The topological polar surface area (TPSA) is 44.9 Å². The summed E-state index contributed by atoms with van der Waals surface area (Å²) in [5.74, 6) is 0.985. The van der Waals surface area contributed by atoms with Crippen molar-refractivity contribution in [2.75, 3.05) is 7.11 Å². The van der Waals surface area contributed by atoms with Crippen LogP contribution in [0.1, 0.15) is 6.92 Å². The van der Waals surface area contributed by atoms with Crippen molar-refractivity contribution >= 4 is 11.3 Å². The summed E-state index contributed by atoms with van der Waals surface area (Å²) < 4.78 is 9.28. The Bertz CT molecular complexity index is 727. The predicted molar refractivity (Wildman–Crippen MR) is 84.2 cm³/mol. The fraction of sp³-hybridized carbons (Fsp3) is 0.333. The summed E-state index contributed by atoms with van der Waals surface area (Å²) in [4.78, 5) is 5.64. The summed E-state index contributed by atoms with van der Waals surface area (Å²) >= 11 is 1.70. The molecule has 0 aliphatic heterocycles. The van der Waals surface area contributed by atoms with Gasteiger partial charge >= 0.3 is 0 Å². The molecule has 0 fully saturated rings. The van der Waals surface area contributed by atoms with Crippen LogP contribution in [0.5, 0.6) is 0 Å². The number of hydrogen-bond acceptors (Lipinski definition) is 4. The molecule has 21 heavy (non-hydrogen) atoms. The van der Waals surface area contributed by atoms with E-state index in [1.165, 1.54) is 5.56 Å². The second-order valence-corrected chi connectivity index (χ2v) is 5.96. The van der Waals surface area contributed by atoms with Gasteiger partial charge in [-0.25, -0.2) is 4.98 Å². The molecule has 0 aliphatic carbocycles. The van der Waals surface area contributed by atoms with E-state index < -0.39 is 0 Å². The lowest BCUT2D eigenvalue weighted by molar-refractivity contribution is 0.103. The molecule has 0 aliphatic rings. The minimum Gasteiger partial charge on any atom is -0.380 e. The monoisotopic (exact) mass is 302 g/mol. The molecule has 0 saturated heterocycles. The van der Waals surface area contributed by atoms with E-state index in [0.717, 1.165) is 22.8 Å². The van der Waals surface area contributed by atoms with Crippen molar-refractivity contribution in [3.05, 3.63) is 36.2 Å². The van der Waals surface area contributed by atoms with E-state index in [-0.39, 0.29) is 6.10 Å². The molecule has 1 unspecified atom stereocenters. The SMILES string of the molecule is COC(C)Cn1ccnc1-c1cc(-c2cnn(C)c2)cs1. The van der Waals surface area contributed by atoms with Crippen LogP contribution in [0.15, 0.2) is 36.2 Å². The zero-order chi connectivity index (χ0) is 14.8. The highest BCUT2D eigenvalue weighted by molar-refractivity contribution is 7.13. The largest absolute Gasteiger partial charge is 0.380 e. The molecule has 0 radical (unpaired) electrons. The van der Waals surface area contributed by atoms with Crippen LogP contribution in [0, 0.1) is 0 Å². The average molecular weight is 302 g/mol. The molecule has 6 heteroatoms. The van der Waals surface area contributed by atoms with Crippen LogP contribution >= 0.6 is 11.3 Å². The molecule has 3 aromatic heterocycles. The molecular weight excluding hydrogens is 284 g/mol.